The van der Waals surface area contributed by atoms with Gasteiger partial charge < -0.3 is 4.74 Å². The molecular weight excluding hydrogens is 281 g/mol. The fourth-order valence-electron chi connectivity index (χ4n) is 1.13. The Morgan fingerprint density at radius 3 is 2.30 bits per heavy atom. The Bertz CT molecular complexity index is 384. The van der Waals surface area contributed by atoms with Gasteiger partial charge in [0.15, 0.2) is 5.75 Å². The van der Waals surface area contributed by atoms with Gasteiger partial charge in [0.2, 0.25) is 0 Å². The normalized spacial score (nSPS) is 10.6. The van der Waals surface area contributed by atoms with E-state index < -0.39 is 14.1 Å². The summed E-state index contributed by atoms with van der Waals surface area (Å²) in [5.41, 5.74) is 0. The average molecular weight is 304 g/mol. The molecule has 0 saturated carbocycles. The zero-order valence-electron chi connectivity index (χ0n) is 12.2. The lowest BCUT2D eigenvalue weighted by molar-refractivity contribution is -0.146. The van der Waals surface area contributed by atoms with Gasteiger partial charge in [0.1, 0.15) is 6.54 Å². The molecule has 20 heavy (non-hydrogen) atoms. The number of carbonyl (C=O) groups excluding carboxylic acids is 1. The Balaban J connectivity index is 0.00000172. The first-order valence-corrected chi connectivity index (χ1v) is 8.04. The molecule has 0 aliphatic rings. The van der Waals surface area contributed by atoms with Crippen molar-refractivity contribution in [3.05, 3.63) is 30.3 Å². The molecule has 1 rings (SSSR count). The minimum absolute atomic E-state index is 0.250. The number of rotatable bonds is 6. The van der Waals surface area contributed by atoms with Crippen molar-refractivity contribution in [3.8, 4) is 5.75 Å². The molecule has 0 fully saturated rings. The third-order valence-electron chi connectivity index (χ3n) is 1.77. The molecule has 0 saturated heterocycles. The number of esters is 1. The molecule has 6 nitrogen and oxygen atoms in total. The number of carbonyl (C=O) groups is 1. The second-order valence-corrected chi connectivity index (χ2v) is 5.41. The van der Waals surface area contributed by atoms with Crippen molar-refractivity contribution in [3.63, 3.8) is 0 Å². The van der Waals surface area contributed by atoms with E-state index in [-0.39, 0.29) is 12.6 Å². The van der Waals surface area contributed by atoms with Gasteiger partial charge in [0.25, 0.3) is 0 Å². The van der Waals surface area contributed by atoms with Crippen LogP contribution < -0.4 is 9.61 Å². The molecule has 0 aromatic heterocycles. The zero-order chi connectivity index (χ0) is 15.6. The molecule has 0 heterocycles. The van der Waals surface area contributed by atoms with E-state index in [4.69, 9.17) is 9.26 Å². The van der Waals surface area contributed by atoms with Crippen LogP contribution in [0.2, 0.25) is 0 Å². The van der Waals surface area contributed by atoms with E-state index in [9.17, 15) is 14.6 Å². The summed E-state index contributed by atoms with van der Waals surface area (Å²) in [6, 6.07) is 8.32. The summed E-state index contributed by atoms with van der Waals surface area (Å²) in [5.74, 6) is -0.269. The van der Waals surface area contributed by atoms with E-state index >= 15 is 0 Å². The quantitative estimate of drug-likeness (QED) is 0.552. The summed E-state index contributed by atoms with van der Waals surface area (Å²) in [4.78, 5) is 30.4. The molecule has 0 radical (unpaired) electrons. The fraction of sp³-hybridized carbons (Fsp3) is 0.462. The van der Waals surface area contributed by atoms with E-state index in [1.165, 1.54) is 0 Å². The highest BCUT2D eigenvalue weighted by molar-refractivity contribution is 7.57. The number of benzene rings is 1. The summed E-state index contributed by atoms with van der Waals surface area (Å²) in [6.07, 6.45) is -0.250. The molecule has 0 unspecified atom stereocenters. The van der Waals surface area contributed by atoms with E-state index in [1.807, 2.05) is 13.8 Å². The van der Waals surface area contributed by atoms with Crippen molar-refractivity contribution in [1.29, 1.82) is 0 Å². The first-order chi connectivity index (χ1) is 9.39. The molecule has 0 spiro atoms. The van der Waals surface area contributed by atoms with Crippen LogP contribution in [0.25, 0.3) is 0 Å². The predicted molar refractivity (Wildman–Crippen MR) is 79.0 cm³/mol. The summed E-state index contributed by atoms with van der Waals surface area (Å²) in [5, 5.41) is 2.24. The van der Waals surface area contributed by atoms with Crippen molar-refractivity contribution in [2.45, 2.75) is 33.8 Å². The number of ether oxygens (including phenoxy) is 1. The van der Waals surface area contributed by atoms with Crippen LogP contribution in [0.3, 0.4) is 0 Å². The van der Waals surface area contributed by atoms with Crippen molar-refractivity contribution in [2.75, 3.05) is 6.54 Å². The highest BCUT2D eigenvalue weighted by Gasteiger charge is 2.38. The highest BCUT2D eigenvalue weighted by atomic mass is 31.2. The van der Waals surface area contributed by atoms with Crippen molar-refractivity contribution in [2.24, 2.45) is 0 Å². The summed E-state index contributed by atoms with van der Waals surface area (Å²) in [6.45, 7) is 7.09. The third kappa shape index (κ3) is 8.82. The molecule has 0 bridgehead atoms. The highest BCUT2D eigenvalue weighted by Crippen LogP contribution is 2.46. The molecule has 7 heteroatoms. The smallest absolute Gasteiger partial charge is 0.462 e. The molecule has 114 valence electrons. The van der Waals surface area contributed by atoms with Gasteiger partial charge in [-0.05, 0) is 26.0 Å². The largest absolute Gasteiger partial charge is 0.541 e. The van der Waals surface area contributed by atoms with E-state index in [2.05, 4.69) is 5.09 Å². The third-order valence-corrected chi connectivity index (χ3v) is 2.81. The lowest BCUT2D eigenvalue weighted by Gasteiger charge is -2.12. The number of hydrogen-bond acceptors (Lipinski definition) is 6. The van der Waals surface area contributed by atoms with Gasteiger partial charge >= 0.3 is 14.1 Å². The number of para-hydroxylation sites is 1. The molecule has 0 amide bonds. The molecular formula is C13H23NO5P+. The van der Waals surface area contributed by atoms with Gasteiger partial charge in [-0.25, -0.2) is 0 Å². The van der Waals surface area contributed by atoms with Crippen LogP contribution in [0.1, 0.15) is 27.7 Å². The SMILES string of the molecule is CC.CC(C)OC(=O)CN[P+](O)(O)Oc1ccccc1. The van der Waals surface area contributed by atoms with Gasteiger partial charge in [0.05, 0.1) is 6.10 Å². The van der Waals surface area contributed by atoms with Crippen LogP contribution >= 0.6 is 8.09 Å². The van der Waals surface area contributed by atoms with Crippen molar-refractivity contribution < 1.29 is 23.8 Å². The van der Waals surface area contributed by atoms with E-state index in [0.29, 0.717) is 5.75 Å². The molecule has 1 aromatic rings. The summed E-state index contributed by atoms with van der Waals surface area (Å²) >= 11 is 0. The summed E-state index contributed by atoms with van der Waals surface area (Å²) < 4.78 is 9.79. The Morgan fingerprint density at radius 1 is 1.25 bits per heavy atom. The fourth-order valence-corrected chi connectivity index (χ4v) is 1.95. The van der Waals surface area contributed by atoms with Crippen molar-refractivity contribution >= 4 is 14.1 Å². The molecule has 0 atom stereocenters. The molecule has 1 aromatic carbocycles. The minimum Gasteiger partial charge on any atom is -0.462 e. The molecule has 3 N–H and O–H groups in total. The first-order valence-electron chi connectivity index (χ1n) is 6.43. The second kappa shape index (κ2) is 9.66. The summed E-state index contributed by atoms with van der Waals surface area (Å²) in [7, 11) is -3.81. The molecule has 0 aliphatic heterocycles. The van der Waals surface area contributed by atoms with Crippen LogP contribution in [0.5, 0.6) is 5.75 Å². The van der Waals surface area contributed by atoms with Crippen LogP contribution in [-0.4, -0.2) is 28.4 Å². The second-order valence-electron chi connectivity index (χ2n) is 3.82. The zero-order valence-corrected chi connectivity index (χ0v) is 13.1. The Kier molecular flexibility index (Phi) is 9.08. The van der Waals surface area contributed by atoms with Crippen LogP contribution in [0.4, 0.5) is 0 Å². The van der Waals surface area contributed by atoms with Gasteiger partial charge in [-0.15, -0.1) is 0 Å². The van der Waals surface area contributed by atoms with E-state index in [1.54, 1.807) is 44.2 Å². The van der Waals surface area contributed by atoms with Gasteiger partial charge in [-0.1, -0.05) is 37.1 Å². The van der Waals surface area contributed by atoms with Crippen LogP contribution in [-0.2, 0) is 9.53 Å². The predicted octanol–water partition coefficient (Wildman–Crippen LogP) is 2.29. The first kappa shape index (κ1) is 18.8. The minimum atomic E-state index is -3.81. The maximum Gasteiger partial charge on any atom is 0.541 e. The molecule has 0 aliphatic carbocycles. The number of nitrogens with one attached hydrogen (secondary N) is 1. The van der Waals surface area contributed by atoms with Gasteiger partial charge in [-0.2, -0.15) is 9.79 Å². The monoisotopic (exact) mass is 304 g/mol. The lowest BCUT2D eigenvalue weighted by atomic mass is 10.3. The maximum absolute atomic E-state index is 11.2. The topological polar surface area (TPSA) is 88.0 Å². The Morgan fingerprint density at radius 2 is 1.80 bits per heavy atom. The van der Waals surface area contributed by atoms with Crippen LogP contribution in [0, 0.1) is 0 Å². The lowest BCUT2D eigenvalue weighted by Crippen LogP contribution is -2.28. The average Bonchev–Trinajstić information content (AvgIpc) is 2.39. The van der Waals surface area contributed by atoms with Crippen LogP contribution in [0.15, 0.2) is 30.3 Å². The maximum atomic E-state index is 11.2. The Hall–Kier alpha value is -1.20. The number of hydrogen-bond donors (Lipinski definition) is 3. The van der Waals surface area contributed by atoms with Gasteiger partial charge in [-0.3, -0.25) is 9.32 Å². The van der Waals surface area contributed by atoms with Gasteiger partial charge in [0, 0.05) is 0 Å². The van der Waals surface area contributed by atoms with E-state index in [0.717, 1.165) is 0 Å². The standard InChI is InChI=1S/C11H17NO5P.C2H6/c1-9(2)16-11(13)8-12-18(14,15)17-10-6-4-3-5-7-10;1-2/h3-7,9,12,14-15H,8H2,1-2H3;1-2H3/q+1;. The van der Waals surface area contributed by atoms with Crippen molar-refractivity contribution in [1.82, 2.24) is 5.09 Å². The Labute approximate surface area is 120 Å².